The predicted octanol–water partition coefficient (Wildman–Crippen LogP) is 2.29. The molecule has 0 fully saturated rings. The summed E-state index contributed by atoms with van der Waals surface area (Å²) >= 11 is 5.79. The Morgan fingerprint density at radius 3 is 2.44 bits per heavy atom. The highest BCUT2D eigenvalue weighted by molar-refractivity contribution is 7.88. The molecule has 0 aromatic heterocycles. The number of amides is 1. The van der Waals surface area contributed by atoms with E-state index in [-0.39, 0.29) is 18.3 Å². The molecule has 0 saturated heterocycles. The number of hydrogen-bond acceptors (Lipinski definition) is 3. The Labute approximate surface area is 114 Å². The zero-order valence-electron chi connectivity index (χ0n) is 10.9. The van der Waals surface area contributed by atoms with Gasteiger partial charge in [-0.1, -0.05) is 26.2 Å². The summed E-state index contributed by atoms with van der Waals surface area (Å²) < 4.78 is 23.8. The van der Waals surface area contributed by atoms with Crippen LogP contribution in [0.2, 0.25) is 0 Å². The van der Waals surface area contributed by atoms with Gasteiger partial charge in [-0.25, -0.2) is 12.7 Å². The van der Waals surface area contributed by atoms with E-state index in [1.54, 1.807) is 0 Å². The summed E-state index contributed by atoms with van der Waals surface area (Å²) in [5, 5.41) is 0. The zero-order valence-corrected chi connectivity index (χ0v) is 12.5. The first-order valence-electron chi connectivity index (χ1n) is 6.20. The molecule has 0 N–H and O–H groups in total. The van der Waals surface area contributed by atoms with Crippen LogP contribution >= 0.6 is 11.6 Å². The van der Waals surface area contributed by atoms with Crippen molar-refractivity contribution in [3.8, 4) is 0 Å². The lowest BCUT2D eigenvalue weighted by Crippen LogP contribution is -2.33. The van der Waals surface area contributed by atoms with Gasteiger partial charge in [-0.05, 0) is 18.4 Å². The molecular weight excluding hydrogens is 274 g/mol. The summed E-state index contributed by atoms with van der Waals surface area (Å²) in [6, 6.07) is 0. The fourth-order valence-corrected chi connectivity index (χ4v) is 3.09. The number of alkyl halides is 1. The van der Waals surface area contributed by atoms with E-state index in [1.807, 2.05) is 0 Å². The number of nitrogens with zero attached hydrogens (tertiary/aromatic N) is 1. The minimum absolute atomic E-state index is 0.129. The molecule has 0 atom stereocenters. The summed E-state index contributed by atoms with van der Waals surface area (Å²) in [6.07, 6.45) is 5.91. The SMILES string of the molecule is CCCCCCC1=C(CCl)CN(S(C)(=O)=O)C1=O. The molecule has 0 aromatic carbocycles. The normalized spacial score (nSPS) is 16.8. The van der Waals surface area contributed by atoms with Gasteiger partial charge >= 0.3 is 0 Å². The monoisotopic (exact) mass is 293 g/mol. The van der Waals surface area contributed by atoms with Crippen molar-refractivity contribution in [1.29, 1.82) is 0 Å². The largest absolute Gasteiger partial charge is 0.268 e. The Hall–Kier alpha value is -0.550. The molecule has 0 unspecified atom stereocenters. The summed E-state index contributed by atoms with van der Waals surface area (Å²) in [5.41, 5.74) is 1.36. The van der Waals surface area contributed by atoms with Crippen molar-refractivity contribution < 1.29 is 13.2 Å². The predicted molar refractivity (Wildman–Crippen MR) is 73.1 cm³/mol. The molecule has 6 heteroatoms. The molecule has 0 radical (unpaired) electrons. The Morgan fingerprint density at radius 2 is 1.94 bits per heavy atom. The third kappa shape index (κ3) is 3.72. The molecule has 0 aromatic rings. The maximum atomic E-state index is 12.0. The number of hydrogen-bond donors (Lipinski definition) is 0. The molecule has 1 rings (SSSR count). The van der Waals surface area contributed by atoms with Gasteiger partial charge in [-0.3, -0.25) is 4.79 Å². The molecule has 0 bridgehead atoms. The number of rotatable bonds is 7. The molecular formula is C12H20ClNO3S. The van der Waals surface area contributed by atoms with E-state index in [2.05, 4.69) is 6.92 Å². The maximum Gasteiger partial charge on any atom is 0.263 e. The van der Waals surface area contributed by atoms with Gasteiger partial charge in [0.05, 0.1) is 12.8 Å². The van der Waals surface area contributed by atoms with Gasteiger partial charge in [0.15, 0.2) is 0 Å². The van der Waals surface area contributed by atoms with E-state index in [1.165, 1.54) is 0 Å². The van der Waals surface area contributed by atoms with E-state index in [4.69, 9.17) is 11.6 Å². The molecule has 1 heterocycles. The van der Waals surface area contributed by atoms with Crippen molar-refractivity contribution >= 4 is 27.5 Å². The van der Waals surface area contributed by atoms with Crippen LogP contribution in [0.4, 0.5) is 0 Å². The average molecular weight is 294 g/mol. The van der Waals surface area contributed by atoms with E-state index in [0.717, 1.165) is 41.8 Å². The minimum atomic E-state index is -3.48. The van der Waals surface area contributed by atoms with Crippen LogP contribution in [0.25, 0.3) is 0 Å². The van der Waals surface area contributed by atoms with Crippen molar-refractivity contribution in [2.75, 3.05) is 18.7 Å². The van der Waals surface area contributed by atoms with Crippen LogP contribution in [0, 0.1) is 0 Å². The fraction of sp³-hybridized carbons (Fsp3) is 0.750. The van der Waals surface area contributed by atoms with Crippen LogP contribution in [0.15, 0.2) is 11.1 Å². The number of halogens is 1. The highest BCUT2D eigenvalue weighted by Gasteiger charge is 2.34. The molecule has 0 saturated carbocycles. The van der Waals surface area contributed by atoms with Crippen molar-refractivity contribution in [3.63, 3.8) is 0 Å². The Bertz CT molecular complexity index is 442. The van der Waals surface area contributed by atoms with Crippen LogP contribution in [0.3, 0.4) is 0 Å². The second-order valence-electron chi connectivity index (χ2n) is 4.60. The van der Waals surface area contributed by atoms with Crippen molar-refractivity contribution in [3.05, 3.63) is 11.1 Å². The van der Waals surface area contributed by atoms with Crippen LogP contribution < -0.4 is 0 Å². The maximum absolute atomic E-state index is 12.0. The van der Waals surface area contributed by atoms with Gasteiger partial charge in [0, 0.05) is 11.5 Å². The molecule has 104 valence electrons. The topological polar surface area (TPSA) is 54.5 Å². The molecule has 4 nitrogen and oxygen atoms in total. The third-order valence-electron chi connectivity index (χ3n) is 3.09. The molecule has 18 heavy (non-hydrogen) atoms. The first-order valence-corrected chi connectivity index (χ1v) is 8.59. The fourth-order valence-electron chi connectivity index (χ4n) is 2.05. The Balaban J connectivity index is 2.72. The standard InChI is InChI=1S/C12H20ClNO3S/c1-3-4-5-6-7-11-10(8-13)9-14(12(11)15)18(2,16)17/h3-9H2,1-2H3. The van der Waals surface area contributed by atoms with Crippen LogP contribution in [-0.2, 0) is 14.8 Å². The first kappa shape index (κ1) is 15.5. The van der Waals surface area contributed by atoms with Crippen LogP contribution in [0.1, 0.15) is 39.0 Å². The van der Waals surface area contributed by atoms with E-state index in [0.29, 0.717) is 12.0 Å². The van der Waals surface area contributed by atoms with Gasteiger partial charge in [-0.15, -0.1) is 11.6 Å². The van der Waals surface area contributed by atoms with Gasteiger partial charge in [0.1, 0.15) is 0 Å². The summed E-state index contributed by atoms with van der Waals surface area (Å²) in [4.78, 5) is 12.0. The van der Waals surface area contributed by atoms with Crippen LogP contribution in [-0.4, -0.2) is 37.3 Å². The molecule has 0 aliphatic carbocycles. The number of carbonyl (C=O) groups excluding carboxylic acids is 1. The van der Waals surface area contributed by atoms with Crippen molar-refractivity contribution in [1.82, 2.24) is 4.31 Å². The summed E-state index contributed by atoms with van der Waals surface area (Å²) in [5.74, 6) is -0.161. The van der Waals surface area contributed by atoms with E-state index >= 15 is 0 Å². The lowest BCUT2D eigenvalue weighted by atomic mass is 10.0. The highest BCUT2D eigenvalue weighted by Crippen LogP contribution is 2.26. The molecule has 0 spiro atoms. The van der Waals surface area contributed by atoms with Gasteiger partial charge in [0.25, 0.3) is 5.91 Å². The summed E-state index contributed by atoms with van der Waals surface area (Å²) in [6.45, 7) is 2.25. The smallest absolute Gasteiger partial charge is 0.263 e. The quantitative estimate of drug-likeness (QED) is 0.534. The number of sulfonamides is 1. The van der Waals surface area contributed by atoms with Gasteiger partial charge < -0.3 is 0 Å². The number of unbranched alkanes of at least 4 members (excludes halogenated alkanes) is 3. The van der Waals surface area contributed by atoms with Gasteiger partial charge in [0.2, 0.25) is 10.0 Å². The molecule has 1 amide bonds. The lowest BCUT2D eigenvalue weighted by molar-refractivity contribution is -0.121. The van der Waals surface area contributed by atoms with E-state index in [9.17, 15) is 13.2 Å². The Morgan fingerprint density at radius 1 is 1.28 bits per heavy atom. The van der Waals surface area contributed by atoms with Crippen molar-refractivity contribution in [2.45, 2.75) is 39.0 Å². The van der Waals surface area contributed by atoms with Crippen molar-refractivity contribution in [2.24, 2.45) is 0 Å². The minimum Gasteiger partial charge on any atom is -0.268 e. The molecule has 1 aliphatic heterocycles. The lowest BCUT2D eigenvalue weighted by Gasteiger charge is -2.13. The zero-order chi connectivity index (χ0) is 13.8. The summed E-state index contributed by atoms with van der Waals surface area (Å²) in [7, 11) is -3.48. The average Bonchev–Trinajstić information content (AvgIpc) is 2.61. The first-order chi connectivity index (χ1) is 8.41. The van der Waals surface area contributed by atoms with Gasteiger partial charge in [-0.2, -0.15) is 0 Å². The highest BCUT2D eigenvalue weighted by atomic mass is 35.5. The second kappa shape index (κ2) is 6.57. The number of carbonyl (C=O) groups is 1. The second-order valence-corrected chi connectivity index (χ2v) is 6.78. The Kier molecular flexibility index (Phi) is 5.66. The van der Waals surface area contributed by atoms with Crippen LogP contribution in [0.5, 0.6) is 0 Å². The van der Waals surface area contributed by atoms with E-state index < -0.39 is 10.0 Å². The third-order valence-corrected chi connectivity index (χ3v) is 4.51. The molecule has 1 aliphatic rings.